The zero-order chi connectivity index (χ0) is 18.0. The molecule has 1 N–H and O–H groups in total. The van der Waals surface area contributed by atoms with Crippen molar-refractivity contribution in [3.63, 3.8) is 0 Å². The zero-order valence-electron chi connectivity index (χ0n) is 14.5. The number of para-hydroxylation sites is 1. The molecule has 1 aliphatic heterocycles. The van der Waals surface area contributed by atoms with Gasteiger partial charge in [0.1, 0.15) is 5.75 Å². The molecule has 2 unspecified atom stereocenters. The Morgan fingerprint density at radius 2 is 1.88 bits per heavy atom. The molecule has 5 nitrogen and oxygen atoms in total. The maximum absolute atomic E-state index is 12.8. The van der Waals surface area contributed by atoms with Gasteiger partial charge in [0.15, 0.2) is 5.60 Å². The largest absolute Gasteiger partial charge is 0.496 e. The van der Waals surface area contributed by atoms with Crippen LogP contribution in [0.2, 0.25) is 0 Å². The Labute approximate surface area is 147 Å². The predicted molar refractivity (Wildman–Crippen MR) is 93.5 cm³/mol. The van der Waals surface area contributed by atoms with E-state index in [0.29, 0.717) is 17.7 Å². The van der Waals surface area contributed by atoms with Crippen molar-refractivity contribution >= 4 is 11.9 Å². The molecule has 2 aromatic carbocycles. The lowest BCUT2D eigenvalue weighted by atomic mass is 9.89. The lowest BCUT2D eigenvalue weighted by Gasteiger charge is -2.34. The Kier molecular flexibility index (Phi) is 4.49. The molecular weight excluding hydrogens is 318 g/mol. The third-order valence-electron chi connectivity index (χ3n) is 4.52. The Morgan fingerprint density at radius 3 is 2.64 bits per heavy atom. The summed E-state index contributed by atoms with van der Waals surface area (Å²) in [5.74, 6) is -0.0929. The highest BCUT2D eigenvalue weighted by atomic mass is 16.6. The van der Waals surface area contributed by atoms with Crippen molar-refractivity contribution in [1.82, 2.24) is 5.32 Å². The molecule has 2 aromatic rings. The van der Waals surface area contributed by atoms with Gasteiger partial charge in [-0.1, -0.05) is 36.4 Å². The summed E-state index contributed by atoms with van der Waals surface area (Å²) in [6, 6.07) is 14.4. The van der Waals surface area contributed by atoms with Crippen LogP contribution in [0.1, 0.15) is 41.4 Å². The summed E-state index contributed by atoms with van der Waals surface area (Å²) in [5.41, 5.74) is 0.971. The Hall–Kier alpha value is -2.82. The van der Waals surface area contributed by atoms with E-state index in [-0.39, 0.29) is 11.9 Å². The van der Waals surface area contributed by atoms with Crippen LogP contribution in [0.15, 0.2) is 48.5 Å². The number of hydrogen-bond acceptors (Lipinski definition) is 4. The molecule has 5 heteroatoms. The number of esters is 1. The Morgan fingerprint density at radius 1 is 1.20 bits per heavy atom. The van der Waals surface area contributed by atoms with Crippen LogP contribution in [-0.4, -0.2) is 24.6 Å². The summed E-state index contributed by atoms with van der Waals surface area (Å²) in [6.45, 7) is 3.52. The van der Waals surface area contributed by atoms with Gasteiger partial charge in [0.25, 0.3) is 5.91 Å². The fourth-order valence-corrected chi connectivity index (χ4v) is 3.11. The van der Waals surface area contributed by atoms with E-state index in [1.54, 1.807) is 26.2 Å². The van der Waals surface area contributed by atoms with E-state index >= 15 is 0 Å². The van der Waals surface area contributed by atoms with Crippen molar-refractivity contribution in [3.05, 3.63) is 65.2 Å². The monoisotopic (exact) mass is 339 g/mol. The molecule has 25 heavy (non-hydrogen) atoms. The maximum atomic E-state index is 12.8. The fourth-order valence-electron chi connectivity index (χ4n) is 3.11. The molecular formula is C20H21NO4. The van der Waals surface area contributed by atoms with Crippen LogP contribution < -0.4 is 10.1 Å². The summed E-state index contributed by atoms with van der Waals surface area (Å²) >= 11 is 0. The molecule has 0 spiro atoms. The highest BCUT2D eigenvalue weighted by Gasteiger charge is 2.43. The zero-order valence-corrected chi connectivity index (χ0v) is 14.5. The standard InChI is InChI=1S/C20H21NO4/c1-13(15-9-6-7-11-17(15)24-3)21-19(23)20(2)12-14-8-4-5-10-16(14)18(22)25-20/h4-11,13H,12H2,1-3H3,(H,21,23). The summed E-state index contributed by atoms with van der Waals surface area (Å²) in [4.78, 5) is 25.1. The van der Waals surface area contributed by atoms with Gasteiger partial charge >= 0.3 is 5.97 Å². The summed E-state index contributed by atoms with van der Waals surface area (Å²) in [6.07, 6.45) is 0.347. The third-order valence-corrected chi connectivity index (χ3v) is 4.52. The smallest absolute Gasteiger partial charge is 0.339 e. The minimum absolute atomic E-state index is 0.281. The SMILES string of the molecule is COc1ccccc1C(C)NC(=O)C1(C)Cc2ccccc2C(=O)O1. The van der Waals surface area contributed by atoms with Gasteiger partial charge in [-0.15, -0.1) is 0 Å². The molecule has 2 atom stereocenters. The van der Waals surface area contributed by atoms with Gasteiger partial charge in [0.05, 0.1) is 18.7 Å². The minimum atomic E-state index is -1.23. The quantitative estimate of drug-likeness (QED) is 0.870. The molecule has 3 rings (SSSR count). The van der Waals surface area contributed by atoms with Crippen LogP contribution >= 0.6 is 0 Å². The van der Waals surface area contributed by atoms with Gasteiger partial charge < -0.3 is 14.8 Å². The molecule has 0 saturated carbocycles. The average Bonchev–Trinajstić information content (AvgIpc) is 2.61. The number of cyclic esters (lactones) is 1. The van der Waals surface area contributed by atoms with Crippen LogP contribution in [0.25, 0.3) is 0 Å². The molecule has 0 saturated heterocycles. The number of nitrogens with one attached hydrogen (secondary N) is 1. The fraction of sp³-hybridized carbons (Fsp3) is 0.300. The third kappa shape index (κ3) is 3.22. The molecule has 1 amide bonds. The first-order valence-corrected chi connectivity index (χ1v) is 8.20. The second kappa shape index (κ2) is 6.59. The van der Waals surface area contributed by atoms with Crippen molar-refractivity contribution in [2.45, 2.75) is 31.9 Å². The topological polar surface area (TPSA) is 64.6 Å². The average molecular weight is 339 g/mol. The van der Waals surface area contributed by atoms with Gasteiger partial charge in [-0.05, 0) is 31.5 Å². The van der Waals surface area contributed by atoms with Crippen molar-refractivity contribution in [1.29, 1.82) is 0 Å². The van der Waals surface area contributed by atoms with Crippen LogP contribution in [0.3, 0.4) is 0 Å². The molecule has 130 valence electrons. The number of amides is 1. The van der Waals surface area contributed by atoms with E-state index in [0.717, 1.165) is 11.1 Å². The highest BCUT2D eigenvalue weighted by Crippen LogP contribution is 2.30. The Balaban J connectivity index is 1.80. The molecule has 0 fully saturated rings. The number of benzene rings is 2. The van der Waals surface area contributed by atoms with Crippen LogP contribution in [0.5, 0.6) is 5.75 Å². The molecule has 0 radical (unpaired) electrons. The van der Waals surface area contributed by atoms with E-state index < -0.39 is 11.6 Å². The second-order valence-electron chi connectivity index (χ2n) is 6.39. The summed E-state index contributed by atoms with van der Waals surface area (Å²) in [5, 5.41) is 2.94. The molecule has 1 heterocycles. The number of fused-ring (bicyclic) bond motifs is 1. The first kappa shape index (κ1) is 17.0. The van der Waals surface area contributed by atoms with E-state index in [1.807, 2.05) is 43.3 Å². The van der Waals surface area contributed by atoms with Crippen molar-refractivity contribution < 1.29 is 19.1 Å². The van der Waals surface area contributed by atoms with Crippen molar-refractivity contribution in [3.8, 4) is 5.75 Å². The minimum Gasteiger partial charge on any atom is -0.496 e. The molecule has 0 aromatic heterocycles. The first-order valence-electron chi connectivity index (χ1n) is 8.20. The van der Waals surface area contributed by atoms with Gasteiger partial charge in [0, 0.05) is 12.0 Å². The number of carbonyl (C=O) groups excluding carboxylic acids is 2. The maximum Gasteiger partial charge on any atom is 0.339 e. The number of ether oxygens (including phenoxy) is 2. The molecule has 1 aliphatic rings. The number of methoxy groups -OCH3 is 1. The number of carbonyl (C=O) groups is 2. The van der Waals surface area contributed by atoms with Crippen LogP contribution in [0, 0.1) is 0 Å². The van der Waals surface area contributed by atoms with E-state index in [4.69, 9.17) is 9.47 Å². The van der Waals surface area contributed by atoms with Gasteiger partial charge in [-0.3, -0.25) is 4.79 Å². The predicted octanol–water partition coefficient (Wildman–Crippen LogP) is 3.04. The van der Waals surface area contributed by atoms with E-state index in [1.165, 1.54) is 0 Å². The normalized spacial score (nSPS) is 20.2. The number of rotatable bonds is 4. The van der Waals surface area contributed by atoms with Crippen molar-refractivity contribution in [2.75, 3.05) is 7.11 Å². The summed E-state index contributed by atoms with van der Waals surface area (Å²) < 4.78 is 10.8. The van der Waals surface area contributed by atoms with Crippen LogP contribution in [-0.2, 0) is 16.0 Å². The molecule has 0 bridgehead atoms. The van der Waals surface area contributed by atoms with Gasteiger partial charge in [-0.25, -0.2) is 4.79 Å². The highest BCUT2D eigenvalue weighted by molar-refractivity contribution is 5.97. The van der Waals surface area contributed by atoms with E-state index in [2.05, 4.69) is 5.32 Å². The lowest BCUT2D eigenvalue weighted by molar-refractivity contribution is -0.140. The van der Waals surface area contributed by atoms with Gasteiger partial charge in [-0.2, -0.15) is 0 Å². The Bertz CT molecular complexity index is 817. The lowest BCUT2D eigenvalue weighted by Crippen LogP contribution is -2.52. The summed E-state index contributed by atoms with van der Waals surface area (Å²) in [7, 11) is 1.59. The molecule has 0 aliphatic carbocycles. The van der Waals surface area contributed by atoms with Gasteiger partial charge in [0.2, 0.25) is 0 Å². The first-order chi connectivity index (χ1) is 11.9. The number of hydrogen-bond donors (Lipinski definition) is 1. The van der Waals surface area contributed by atoms with Crippen molar-refractivity contribution in [2.24, 2.45) is 0 Å². The second-order valence-corrected chi connectivity index (χ2v) is 6.39. The van der Waals surface area contributed by atoms with Crippen LogP contribution in [0.4, 0.5) is 0 Å². The van der Waals surface area contributed by atoms with E-state index in [9.17, 15) is 9.59 Å².